The third-order valence-corrected chi connectivity index (χ3v) is 8.48. The maximum atomic E-state index is 12.4. The van der Waals surface area contributed by atoms with Gasteiger partial charge in [0.2, 0.25) is 0 Å². The molecule has 2 fully saturated rings. The molecule has 0 spiro atoms. The molecule has 0 amide bonds. The molecule has 4 aliphatic rings. The highest BCUT2D eigenvalue weighted by Gasteiger charge is 2.62. The monoisotopic (exact) mass is 455 g/mol. The van der Waals surface area contributed by atoms with Crippen molar-refractivity contribution in [2.24, 2.45) is 17.3 Å². The van der Waals surface area contributed by atoms with Crippen LogP contribution in [0.3, 0.4) is 0 Å². The van der Waals surface area contributed by atoms with Gasteiger partial charge in [0, 0.05) is 54.7 Å². The summed E-state index contributed by atoms with van der Waals surface area (Å²) in [5.41, 5.74) is -0.708. The van der Waals surface area contributed by atoms with E-state index >= 15 is 0 Å². The van der Waals surface area contributed by atoms with Crippen LogP contribution in [-0.4, -0.2) is 30.4 Å². The van der Waals surface area contributed by atoms with E-state index in [0.717, 1.165) is 16.7 Å². The Labute approximate surface area is 215 Å². The first-order chi connectivity index (χ1) is 20.5. The Morgan fingerprint density at radius 2 is 2.03 bits per heavy atom. The molecule has 2 saturated carbocycles. The zero-order valence-corrected chi connectivity index (χ0v) is 19.1. The molecular weight excluding hydrogens is 406 g/mol. The van der Waals surface area contributed by atoms with Gasteiger partial charge in [0.15, 0.2) is 5.78 Å². The Hall–Kier alpha value is -2.31. The average molecular weight is 456 g/mol. The van der Waals surface area contributed by atoms with E-state index in [4.69, 9.17) is 16.4 Å². The molecule has 0 radical (unpaired) electrons. The van der Waals surface area contributed by atoms with Crippen LogP contribution in [-0.2, 0) is 4.79 Å². The van der Waals surface area contributed by atoms with Crippen LogP contribution in [0.5, 0.6) is 0 Å². The highest BCUT2D eigenvalue weighted by Crippen LogP contribution is 2.66. The Morgan fingerprint density at radius 1 is 1.24 bits per heavy atom. The third-order valence-electron chi connectivity index (χ3n) is 8.48. The largest absolute Gasteiger partial charge is 0.378 e. The van der Waals surface area contributed by atoms with Crippen molar-refractivity contribution in [3.05, 3.63) is 52.5 Å². The van der Waals surface area contributed by atoms with Gasteiger partial charge >= 0.3 is 0 Å². The number of carbonyl (C=O) groups is 1. The van der Waals surface area contributed by atoms with E-state index in [2.05, 4.69) is 11.8 Å². The molecule has 5 atom stereocenters. The number of anilines is 1. The van der Waals surface area contributed by atoms with E-state index < -0.39 is 67.1 Å². The fourth-order valence-electron chi connectivity index (χ4n) is 6.90. The first kappa shape index (κ1) is 12.4. The van der Waals surface area contributed by atoms with Crippen molar-refractivity contribution < 1.29 is 26.4 Å². The van der Waals surface area contributed by atoms with E-state index in [0.29, 0.717) is 25.7 Å². The van der Waals surface area contributed by atoms with Crippen molar-refractivity contribution >= 4 is 11.5 Å². The minimum absolute atomic E-state index is 0.00683. The minimum Gasteiger partial charge on any atom is -0.378 e. The van der Waals surface area contributed by atoms with Crippen LogP contribution in [0, 0.1) is 29.1 Å². The van der Waals surface area contributed by atoms with Crippen LogP contribution >= 0.6 is 0 Å². The van der Waals surface area contributed by atoms with Gasteiger partial charge in [-0.3, -0.25) is 4.79 Å². The molecule has 1 aromatic carbocycles. The molecule has 1 N–H and O–H groups in total. The number of benzene rings is 1. The van der Waals surface area contributed by atoms with Crippen molar-refractivity contribution in [1.29, 1.82) is 0 Å². The molecule has 0 unspecified atom stereocenters. The average Bonchev–Trinajstić information content (AvgIpc) is 3.17. The number of ketones is 1. The second-order valence-electron chi connectivity index (χ2n) is 9.99. The maximum absolute atomic E-state index is 12.4. The molecule has 5 rings (SSSR count). The minimum atomic E-state index is -3.29. The van der Waals surface area contributed by atoms with Crippen molar-refractivity contribution in [2.45, 2.75) is 76.7 Å². The Morgan fingerprint density at radius 3 is 2.76 bits per heavy atom. The summed E-state index contributed by atoms with van der Waals surface area (Å²) >= 11 is 0. The SMILES string of the molecule is [2H]c1c([2H])c(N(C([2H])([2H])[2H])C([2H])([2H])[2H])c([2H])c([2H])c1[C@H]1C[C@@]2(C)[C@@H](CC[C@@]2(O)C#CC([2H])([2H])C)[C@@H]2CCC3=CC(=O)CCC3=C21. The Kier molecular flexibility index (Phi) is 3.07. The molecule has 33 heavy (non-hydrogen) atoms. The summed E-state index contributed by atoms with van der Waals surface area (Å²) in [5.74, 6) is 4.37. The maximum Gasteiger partial charge on any atom is 0.156 e. The fraction of sp³-hybridized carbons (Fsp3) is 0.567. The van der Waals surface area contributed by atoms with Gasteiger partial charge in [0.1, 0.15) is 5.60 Å². The zero-order valence-electron chi connectivity index (χ0n) is 31.1. The molecule has 1 aromatic rings. The zero-order chi connectivity index (χ0) is 33.7. The van der Waals surface area contributed by atoms with E-state index in [1.54, 1.807) is 6.08 Å². The third kappa shape index (κ3) is 3.50. The van der Waals surface area contributed by atoms with Crippen molar-refractivity contribution in [1.82, 2.24) is 0 Å². The quantitative estimate of drug-likeness (QED) is 0.573. The van der Waals surface area contributed by atoms with Crippen molar-refractivity contribution in [3.8, 4) is 11.8 Å². The summed E-state index contributed by atoms with van der Waals surface area (Å²) < 4.78 is 98.7. The number of hydrogen-bond donors (Lipinski definition) is 1. The van der Waals surface area contributed by atoms with E-state index in [-0.39, 0.29) is 47.3 Å². The number of hydrogen-bond acceptors (Lipinski definition) is 3. The summed E-state index contributed by atoms with van der Waals surface area (Å²) in [6.07, 6.45) is 2.77. The normalized spacial score (nSPS) is 41.6. The van der Waals surface area contributed by atoms with Crippen LogP contribution in [0.1, 0.15) is 93.1 Å². The standard InChI is InChI=1S/C30H37NO2/c1-5-6-16-30(33)17-15-27-25-13-9-21-18-23(32)12-14-24(21)28(25)26(19-29(27,30)2)20-7-10-22(11-8-20)31(3)4/h7-8,10-11,18,25-27,33H,5,9,12-15,17,19H2,1-4H3/t25-,26+,27-,29-,30-/m0/s1/i3D3,4D3,5D2,7D,8D,10D,11D. The number of nitrogens with zero attached hydrogens (tertiary/aromatic N) is 1. The molecule has 4 aliphatic carbocycles. The second-order valence-corrected chi connectivity index (χ2v) is 9.99. The molecule has 0 saturated heterocycles. The van der Waals surface area contributed by atoms with Gasteiger partial charge in [0.25, 0.3) is 0 Å². The molecule has 0 aliphatic heterocycles. The number of fused-ring (bicyclic) bond motifs is 4. The lowest BCUT2D eigenvalue weighted by Gasteiger charge is -2.53. The molecule has 0 aromatic heterocycles. The predicted octanol–water partition coefficient (Wildman–Crippen LogP) is 5.80. The van der Waals surface area contributed by atoms with Gasteiger partial charge in [-0.2, -0.15) is 0 Å². The molecular formula is C30H37NO2. The lowest BCUT2D eigenvalue weighted by atomic mass is 9.51. The van der Waals surface area contributed by atoms with Crippen LogP contribution in [0.15, 0.2) is 47.0 Å². The van der Waals surface area contributed by atoms with E-state index in [9.17, 15) is 9.90 Å². The van der Waals surface area contributed by atoms with Crippen LogP contribution < -0.4 is 4.90 Å². The van der Waals surface area contributed by atoms with Crippen LogP contribution in [0.2, 0.25) is 0 Å². The number of aliphatic hydroxyl groups is 1. The Bertz CT molecular complexity index is 1530. The summed E-state index contributed by atoms with van der Waals surface area (Å²) in [7, 11) is 0. The van der Waals surface area contributed by atoms with Gasteiger partial charge in [-0.15, -0.1) is 5.92 Å². The summed E-state index contributed by atoms with van der Waals surface area (Å²) in [6, 6.07) is -2.72. The molecule has 3 nitrogen and oxygen atoms in total. The summed E-state index contributed by atoms with van der Waals surface area (Å²) in [4.78, 5) is 12.4. The highest BCUT2D eigenvalue weighted by atomic mass is 16.3. The smallest absolute Gasteiger partial charge is 0.156 e. The Balaban J connectivity index is 1.79. The summed E-state index contributed by atoms with van der Waals surface area (Å²) in [6.45, 7) is -3.40. The number of allylic oxidation sites excluding steroid dienone is 4. The first-order valence-corrected chi connectivity index (χ1v) is 11.7. The van der Waals surface area contributed by atoms with Crippen LogP contribution in [0.4, 0.5) is 5.69 Å². The first-order valence-electron chi connectivity index (χ1n) is 17.7. The molecule has 3 heteroatoms. The van der Waals surface area contributed by atoms with E-state index in [1.807, 2.05) is 6.92 Å². The second kappa shape index (κ2) is 8.17. The highest BCUT2D eigenvalue weighted by molar-refractivity contribution is 5.93. The van der Waals surface area contributed by atoms with Crippen molar-refractivity contribution in [2.75, 3.05) is 18.9 Å². The lowest BCUT2D eigenvalue weighted by Crippen LogP contribution is -2.51. The number of rotatable bonds is 2. The van der Waals surface area contributed by atoms with Gasteiger partial charge in [-0.1, -0.05) is 37.4 Å². The van der Waals surface area contributed by atoms with Gasteiger partial charge in [-0.25, -0.2) is 0 Å². The fourth-order valence-corrected chi connectivity index (χ4v) is 6.90. The summed E-state index contributed by atoms with van der Waals surface area (Å²) in [5, 5.41) is 12.1. The lowest BCUT2D eigenvalue weighted by molar-refractivity contribution is -0.114. The van der Waals surface area contributed by atoms with Gasteiger partial charge in [-0.05, 0) is 85.2 Å². The van der Waals surface area contributed by atoms with E-state index in [1.165, 1.54) is 6.92 Å². The van der Waals surface area contributed by atoms with Crippen molar-refractivity contribution in [3.63, 3.8) is 0 Å². The topological polar surface area (TPSA) is 40.5 Å². The van der Waals surface area contributed by atoms with Gasteiger partial charge < -0.3 is 10.0 Å². The predicted molar refractivity (Wildman–Crippen MR) is 134 cm³/mol. The van der Waals surface area contributed by atoms with Crippen LogP contribution in [0.25, 0.3) is 0 Å². The molecule has 0 bridgehead atoms. The van der Waals surface area contributed by atoms with Gasteiger partial charge in [0.05, 0.1) is 5.48 Å². The molecule has 0 heterocycles. The number of carbonyl (C=O) groups excluding carboxylic acids is 1. The molecule has 174 valence electrons.